The lowest BCUT2D eigenvalue weighted by molar-refractivity contribution is 0.134. The van der Waals surface area contributed by atoms with Crippen LogP contribution < -0.4 is 5.32 Å². The molecule has 2 aliphatic rings. The van der Waals surface area contributed by atoms with E-state index in [1.54, 1.807) is 0 Å². The molecular weight excluding hydrogens is 346 g/mol. The topological polar surface area (TPSA) is 33.1 Å². The second kappa shape index (κ2) is 7.68. The van der Waals surface area contributed by atoms with Gasteiger partial charge in [-0.1, -0.05) is 6.92 Å². The van der Waals surface area contributed by atoms with Crippen LogP contribution in [0.5, 0.6) is 0 Å². The van der Waals surface area contributed by atoms with Gasteiger partial charge in [-0.2, -0.15) is 0 Å². The molecule has 1 fully saturated rings. The molecule has 2 aliphatic heterocycles. The van der Waals surface area contributed by atoms with Gasteiger partial charge < -0.3 is 14.8 Å². The van der Waals surface area contributed by atoms with Crippen LogP contribution in [0.3, 0.4) is 0 Å². The summed E-state index contributed by atoms with van der Waals surface area (Å²) in [6, 6.07) is 5.28. The number of fused-ring (bicyclic) bond motifs is 1. The Kier molecular flexibility index (Phi) is 5.28. The normalized spacial score (nSPS) is 26.1. The molecule has 3 atom stereocenters. The Bertz CT molecular complexity index is 803. The van der Waals surface area contributed by atoms with Crippen molar-refractivity contribution in [2.24, 2.45) is 0 Å². The molecule has 1 N–H and O–H groups in total. The van der Waals surface area contributed by atoms with E-state index in [-0.39, 0.29) is 0 Å². The Balaban J connectivity index is 1.42. The standard InChI is InChI=1S/C21H28F2N4/c1-3-26-9-8-16(10-14(26)2)24-17-5-7-21-25-20(13-27(21)12-17)18-6-4-15(22)11-19(18)23/h4,6,11,13-14,16-17,24H,3,5,7-10,12H2,1-2H3. The van der Waals surface area contributed by atoms with E-state index in [1.165, 1.54) is 25.0 Å². The number of piperidine rings is 1. The Labute approximate surface area is 159 Å². The number of aromatic nitrogens is 2. The number of nitrogens with one attached hydrogen (secondary N) is 1. The summed E-state index contributed by atoms with van der Waals surface area (Å²) in [6.45, 7) is 7.68. The van der Waals surface area contributed by atoms with Gasteiger partial charge in [0.25, 0.3) is 0 Å². The number of hydrogen-bond acceptors (Lipinski definition) is 3. The van der Waals surface area contributed by atoms with Gasteiger partial charge in [0.15, 0.2) is 0 Å². The third-order valence-electron chi connectivity index (χ3n) is 6.09. The third-order valence-corrected chi connectivity index (χ3v) is 6.09. The minimum atomic E-state index is -0.562. The number of hydrogen-bond donors (Lipinski definition) is 1. The summed E-state index contributed by atoms with van der Waals surface area (Å²) < 4.78 is 29.4. The minimum absolute atomic E-state index is 0.364. The van der Waals surface area contributed by atoms with E-state index in [2.05, 4.69) is 33.6 Å². The SMILES string of the molecule is CCN1CCC(NC2CCc3nc(-c4ccc(F)cc4F)cn3C2)CC1C. The second-order valence-electron chi connectivity index (χ2n) is 7.92. The molecule has 2 aromatic rings. The zero-order valence-corrected chi connectivity index (χ0v) is 16.1. The summed E-state index contributed by atoms with van der Waals surface area (Å²) in [6.07, 6.45) is 6.21. The van der Waals surface area contributed by atoms with Gasteiger partial charge >= 0.3 is 0 Å². The average molecular weight is 374 g/mol. The molecule has 0 aliphatic carbocycles. The van der Waals surface area contributed by atoms with E-state index < -0.39 is 11.6 Å². The van der Waals surface area contributed by atoms with Crippen molar-refractivity contribution in [1.82, 2.24) is 19.8 Å². The Hall–Kier alpha value is -1.79. The minimum Gasteiger partial charge on any atom is -0.333 e. The molecule has 3 heterocycles. The Morgan fingerprint density at radius 3 is 2.81 bits per heavy atom. The first-order chi connectivity index (χ1) is 13.0. The van der Waals surface area contributed by atoms with Crippen molar-refractivity contribution in [3.05, 3.63) is 41.9 Å². The molecule has 0 amide bonds. The predicted molar refractivity (Wildman–Crippen MR) is 103 cm³/mol. The molecule has 0 bridgehead atoms. The number of imidazole rings is 1. The maximum Gasteiger partial charge on any atom is 0.135 e. The fourth-order valence-corrected chi connectivity index (χ4v) is 4.58. The Morgan fingerprint density at radius 1 is 1.22 bits per heavy atom. The number of aryl methyl sites for hydroxylation is 1. The van der Waals surface area contributed by atoms with Gasteiger partial charge in [-0.25, -0.2) is 13.8 Å². The van der Waals surface area contributed by atoms with E-state index in [0.717, 1.165) is 44.4 Å². The van der Waals surface area contributed by atoms with Gasteiger partial charge in [-0.05, 0) is 51.4 Å². The quantitative estimate of drug-likeness (QED) is 0.888. The molecule has 0 spiro atoms. The van der Waals surface area contributed by atoms with Gasteiger partial charge in [0.1, 0.15) is 17.5 Å². The maximum atomic E-state index is 14.1. The molecule has 1 aromatic heterocycles. The first kappa shape index (κ1) is 18.6. The molecule has 3 unspecified atom stereocenters. The number of rotatable bonds is 4. The van der Waals surface area contributed by atoms with Gasteiger partial charge in [0, 0.05) is 48.9 Å². The van der Waals surface area contributed by atoms with Crippen LogP contribution in [0.2, 0.25) is 0 Å². The van der Waals surface area contributed by atoms with Gasteiger partial charge in [0.2, 0.25) is 0 Å². The molecule has 0 saturated carbocycles. The second-order valence-corrected chi connectivity index (χ2v) is 7.92. The molecule has 4 rings (SSSR count). The zero-order valence-electron chi connectivity index (χ0n) is 16.1. The summed E-state index contributed by atoms with van der Waals surface area (Å²) >= 11 is 0. The number of nitrogens with zero attached hydrogens (tertiary/aromatic N) is 3. The van der Waals surface area contributed by atoms with Crippen molar-refractivity contribution < 1.29 is 8.78 Å². The van der Waals surface area contributed by atoms with Crippen LogP contribution >= 0.6 is 0 Å². The molecule has 4 nitrogen and oxygen atoms in total. The van der Waals surface area contributed by atoms with Crippen LogP contribution in [-0.4, -0.2) is 45.7 Å². The van der Waals surface area contributed by atoms with Crippen LogP contribution in [0.1, 0.15) is 38.9 Å². The number of halogens is 2. The van der Waals surface area contributed by atoms with Crippen LogP contribution in [0, 0.1) is 11.6 Å². The zero-order chi connectivity index (χ0) is 19.0. The molecule has 27 heavy (non-hydrogen) atoms. The lowest BCUT2D eigenvalue weighted by Gasteiger charge is -2.39. The highest BCUT2D eigenvalue weighted by molar-refractivity contribution is 5.59. The lowest BCUT2D eigenvalue weighted by Crippen LogP contribution is -2.51. The fourth-order valence-electron chi connectivity index (χ4n) is 4.58. The van der Waals surface area contributed by atoms with Gasteiger partial charge in [-0.15, -0.1) is 0 Å². The highest BCUT2D eigenvalue weighted by Crippen LogP contribution is 2.26. The van der Waals surface area contributed by atoms with E-state index in [4.69, 9.17) is 0 Å². The van der Waals surface area contributed by atoms with E-state index in [1.807, 2.05) is 6.20 Å². The third kappa shape index (κ3) is 3.92. The average Bonchev–Trinajstić information content (AvgIpc) is 3.05. The summed E-state index contributed by atoms with van der Waals surface area (Å²) in [5, 5.41) is 3.84. The highest BCUT2D eigenvalue weighted by atomic mass is 19.1. The van der Waals surface area contributed by atoms with E-state index in [9.17, 15) is 8.78 Å². The first-order valence-electron chi connectivity index (χ1n) is 10.0. The monoisotopic (exact) mass is 374 g/mol. The molecule has 146 valence electrons. The summed E-state index contributed by atoms with van der Waals surface area (Å²) in [4.78, 5) is 7.13. The van der Waals surface area contributed by atoms with Crippen molar-refractivity contribution in [1.29, 1.82) is 0 Å². The van der Waals surface area contributed by atoms with Crippen molar-refractivity contribution in [2.75, 3.05) is 13.1 Å². The van der Waals surface area contributed by atoms with Crippen molar-refractivity contribution in [2.45, 2.75) is 64.2 Å². The summed E-state index contributed by atoms with van der Waals surface area (Å²) in [7, 11) is 0. The smallest absolute Gasteiger partial charge is 0.135 e. The van der Waals surface area contributed by atoms with Crippen molar-refractivity contribution in [3.8, 4) is 11.3 Å². The van der Waals surface area contributed by atoms with Crippen molar-refractivity contribution in [3.63, 3.8) is 0 Å². The molecule has 6 heteroatoms. The number of benzene rings is 1. The predicted octanol–water partition coefficient (Wildman–Crippen LogP) is 3.61. The Morgan fingerprint density at radius 2 is 2.07 bits per heavy atom. The first-order valence-corrected chi connectivity index (χ1v) is 10.0. The lowest BCUT2D eigenvalue weighted by atomic mass is 9.96. The largest absolute Gasteiger partial charge is 0.333 e. The van der Waals surface area contributed by atoms with Crippen LogP contribution in [0.25, 0.3) is 11.3 Å². The van der Waals surface area contributed by atoms with Crippen LogP contribution in [-0.2, 0) is 13.0 Å². The maximum absolute atomic E-state index is 14.1. The van der Waals surface area contributed by atoms with Gasteiger partial charge in [0.05, 0.1) is 5.69 Å². The fraction of sp³-hybridized carbons (Fsp3) is 0.571. The molecular formula is C21H28F2N4. The molecule has 1 saturated heterocycles. The summed E-state index contributed by atoms with van der Waals surface area (Å²) in [5.74, 6) is -0.134. The van der Waals surface area contributed by atoms with Gasteiger partial charge in [-0.3, -0.25) is 0 Å². The summed E-state index contributed by atoms with van der Waals surface area (Å²) in [5.41, 5.74) is 0.955. The number of likely N-dealkylation sites (tertiary alicyclic amines) is 1. The molecule has 1 aromatic carbocycles. The molecule has 0 radical (unpaired) electrons. The van der Waals surface area contributed by atoms with E-state index in [0.29, 0.717) is 29.4 Å². The highest BCUT2D eigenvalue weighted by Gasteiger charge is 2.28. The van der Waals surface area contributed by atoms with Crippen LogP contribution in [0.15, 0.2) is 24.4 Å². The van der Waals surface area contributed by atoms with Crippen molar-refractivity contribution >= 4 is 0 Å². The van der Waals surface area contributed by atoms with Crippen LogP contribution in [0.4, 0.5) is 8.78 Å². The van der Waals surface area contributed by atoms with E-state index >= 15 is 0 Å².